The zero-order chi connectivity index (χ0) is 16.8. The Morgan fingerprint density at radius 3 is 2.64 bits per heavy atom. The number of ether oxygens (including phenoxy) is 1. The van der Waals surface area contributed by atoms with E-state index in [0.29, 0.717) is 19.6 Å². The maximum Gasteiger partial charge on any atom is 0.407 e. The number of hydrogen-bond acceptors (Lipinski definition) is 5. The molecule has 22 heavy (non-hydrogen) atoms. The van der Waals surface area contributed by atoms with E-state index < -0.39 is 11.7 Å². The number of rotatable bonds is 7. The Hall–Kier alpha value is -1.60. The van der Waals surface area contributed by atoms with Gasteiger partial charge in [0.05, 0.1) is 19.3 Å². The van der Waals surface area contributed by atoms with Gasteiger partial charge in [0, 0.05) is 30.4 Å². The number of aliphatic hydroxyl groups excluding tert-OH is 1. The van der Waals surface area contributed by atoms with Crippen LogP contribution >= 0.6 is 0 Å². The molecule has 0 unspecified atom stereocenters. The van der Waals surface area contributed by atoms with Crippen LogP contribution in [0.5, 0.6) is 0 Å². The molecule has 1 rings (SSSR count). The number of carbonyl (C=O) groups is 1. The first-order valence-corrected chi connectivity index (χ1v) is 7.45. The summed E-state index contributed by atoms with van der Waals surface area (Å²) >= 11 is 0. The summed E-state index contributed by atoms with van der Waals surface area (Å²) in [5.74, 6) is 0. The lowest BCUT2D eigenvalue weighted by Crippen LogP contribution is -2.49. The van der Waals surface area contributed by atoms with Crippen molar-refractivity contribution in [2.24, 2.45) is 0 Å². The second-order valence-electron chi connectivity index (χ2n) is 6.93. The van der Waals surface area contributed by atoms with Crippen LogP contribution in [0.3, 0.4) is 0 Å². The molecule has 0 fully saturated rings. The Balaban J connectivity index is 2.38. The summed E-state index contributed by atoms with van der Waals surface area (Å²) in [4.78, 5) is 11.7. The van der Waals surface area contributed by atoms with Crippen molar-refractivity contribution in [1.29, 1.82) is 0 Å². The Kier molecular flexibility index (Phi) is 6.37. The van der Waals surface area contributed by atoms with Crippen molar-refractivity contribution in [2.75, 3.05) is 13.2 Å². The molecule has 0 spiro atoms. The summed E-state index contributed by atoms with van der Waals surface area (Å²) in [5, 5.41) is 19.1. The first-order chi connectivity index (χ1) is 10.1. The van der Waals surface area contributed by atoms with Crippen LogP contribution in [0, 0.1) is 0 Å². The molecule has 126 valence electrons. The number of amides is 1. The van der Waals surface area contributed by atoms with Crippen LogP contribution in [0.2, 0.25) is 0 Å². The van der Waals surface area contributed by atoms with E-state index in [-0.39, 0.29) is 12.1 Å². The Morgan fingerprint density at radius 1 is 1.36 bits per heavy atom. The van der Waals surface area contributed by atoms with Gasteiger partial charge in [0.25, 0.3) is 0 Å². The molecule has 1 aromatic rings. The molecule has 7 heteroatoms. The van der Waals surface area contributed by atoms with Crippen LogP contribution in [-0.2, 0) is 17.8 Å². The molecule has 1 amide bonds. The Labute approximate surface area is 132 Å². The molecule has 1 heterocycles. The van der Waals surface area contributed by atoms with E-state index in [4.69, 9.17) is 9.84 Å². The minimum Gasteiger partial charge on any atom is -0.444 e. The molecule has 0 bridgehead atoms. The van der Waals surface area contributed by atoms with Gasteiger partial charge in [-0.05, 0) is 34.6 Å². The fraction of sp³-hybridized carbons (Fsp3) is 0.733. The van der Waals surface area contributed by atoms with Crippen molar-refractivity contribution < 1.29 is 14.6 Å². The predicted octanol–water partition coefficient (Wildman–Crippen LogP) is 1.27. The van der Waals surface area contributed by atoms with E-state index in [9.17, 15) is 4.79 Å². The van der Waals surface area contributed by atoms with Gasteiger partial charge in [-0.15, -0.1) is 0 Å². The smallest absolute Gasteiger partial charge is 0.407 e. The van der Waals surface area contributed by atoms with Gasteiger partial charge in [-0.25, -0.2) is 4.79 Å². The largest absolute Gasteiger partial charge is 0.444 e. The first-order valence-electron chi connectivity index (χ1n) is 7.45. The number of carbonyl (C=O) groups excluding carboxylic acids is 1. The lowest BCUT2D eigenvalue weighted by Gasteiger charge is -2.27. The van der Waals surface area contributed by atoms with Crippen LogP contribution in [0.25, 0.3) is 0 Å². The zero-order valence-electron chi connectivity index (χ0n) is 14.1. The lowest BCUT2D eigenvalue weighted by atomic mass is 10.1. The standard InChI is InChI=1S/C15H28N4O3/c1-14(2,3)22-13(21)16-11-15(4,5)17-8-12-9-18-19(10-12)6-7-20/h9-10,17,20H,6-8,11H2,1-5H3,(H,16,21). The molecular weight excluding hydrogens is 284 g/mol. The van der Waals surface area contributed by atoms with Crippen molar-refractivity contribution >= 4 is 6.09 Å². The fourth-order valence-electron chi connectivity index (χ4n) is 1.73. The second-order valence-corrected chi connectivity index (χ2v) is 6.93. The molecule has 1 aromatic heterocycles. The predicted molar refractivity (Wildman–Crippen MR) is 84.5 cm³/mol. The van der Waals surface area contributed by atoms with E-state index in [1.165, 1.54) is 0 Å². The van der Waals surface area contributed by atoms with E-state index in [0.717, 1.165) is 5.56 Å². The maximum absolute atomic E-state index is 11.7. The number of nitrogens with one attached hydrogen (secondary N) is 2. The second kappa shape index (κ2) is 7.60. The van der Waals surface area contributed by atoms with Crippen molar-refractivity contribution in [3.63, 3.8) is 0 Å². The summed E-state index contributed by atoms with van der Waals surface area (Å²) in [7, 11) is 0. The molecule has 0 saturated heterocycles. The maximum atomic E-state index is 11.7. The van der Waals surface area contributed by atoms with Gasteiger partial charge < -0.3 is 20.5 Å². The fourth-order valence-corrected chi connectivity index (χ4v) is 1.73. The van der Waals surface area contributed by atoms with E-state index >= 15 is 0 Å². The summed E-state index contributed by atoms with van der Waals surface area (Å²) in [6, 6.07) is 0. The minimum atomic E-state index is -0.497. The van der Waals surface area contributed by atoms with Gasteiger partial charge in [0.15, 0.2) is 0 Å². The zero-order valence-corrected chi connectivity index (χ0v) is 14.1. The summed E-state index contributed by atoms with van der Waals surface area (Å²) in [6.07, 6.45) is 3.24. The Bertz CT molecular complexity index is 477. The van der Waals surface area contributed by atoms with E-state index in [2.05, 4.69) is 15.7 Å². The molecule has 0 aliphatic carbocycles. The minimum absolute atomic E-state index is 0.0693. The highest BCUT2D eigenvalue weighted by atomic mass is 16.6. The van der Waals surface area contributed by atoms with Crippen molar-refractivity contribution in [3.05, 3.63) is 18.0 Å². The van der Waals surface area contributed by atoms with Gasteiger partial charge in [-0.1, -0.05) is 0 Å². The van der Waals surface area contributed by atoms with Crippen LogP contribution < -0.4 is 10.6 Å². The van der Waals surface area contributed by atoms with Crippen molar-refractivity contribution in [1.82, 2.24) is 20.4 Å². The van der Waals surface area contributed by atoms with Gasteiger partial charge in [-0.3, -0.25) is 4.68 Å². The van der Waals surface area contributed by atoms with E-state index in [1.54, 1.807) is 10.9 Å². The first kappa shape index (κ1) is 18.4. The van der Waals surface area contributed by atoms with Crippen LogP contribution in [0.4, 0.5) is 4.79 Å². The third-order valence-electron chi connectivity index (χ3n) is 2.86. The average molecular weight is 312 g/mol. The Morgan fingerprint density at radius 2 is 2.05 bits per heavy atom. The highest BCUT2D eigenvalue weighted by molar-refractivity contribution is 5.67. The van der Waals surface area contributed by atoms with Crippen LogP contribution in [-0.4, -0.2) is 45.3 Å². The molecule has 0 aromatic carbocycles. The lowest BCUT2D eigenvalue weighted by molar-refractivity contribution is 0.0513. The van der Waals surface area contributed by atoms with Crippen molar-refractivity contribution in [2.45, 2.75) is 58.8 Å². The van der Waals surface area contributed by atoms with E-state index in [1.807, 2.05) is 40.8 Å². The number of hydrogen-bond donors (Lipinski definition) is 3. The summed E-state index contributed by atoms with van der Waals surface area (Å²) in [6.45, 7) is 11.1. The van der Waals surface area contributed by atoms with Crippen LogP contribution in [0.1, 0.15) is 40.2 Å². The van der Waals surface area contributed by atoms with Gasteiger partial charge in [-0.2, -0.15) is 5.10 Å². The quantitative estimate of drug-likeness (QED) is 0.705. The number of nitrogens with zero attached hydrogens (tertiary/aromatic N) is 2. The number of alkyl carbamates (subject to hydrolysis) is 1. The average Bonchev–Trinajstić information content (AvgIpc) is 2.81. The van der Waals surface area contributed by atoms with Crippen LogP contribution in [0.15, 0.2) is 12.4 Å². The highest BCUT2D eigenvalue weighted by Gasteiger charge is 2.21. The summed E-state index contributed by atoms with van der Waals surface area (Å²) < 4.78 is 6.91. The van der Waals surface area contributed by atoms with Crippen molar-refractivity contribution in [3.8, 4) is 0 Å². The normalized spacial score (nSPS) is 12.3. The number of aliphatic hydroxyl groups is 1. The third kappa shape index (κ3) is 7.42. The molecule has 7 nitrogen and oxygen atoms in total. The molecule has 0 atom stereocenters. The molecule has 3 N–H and O–H groups in total. The molecule has 0 saturated carbocycles. The van der Waals surface area contributed by atoms with Gasteiger partial charge in [0.2, 0.25) is 0 Å². The SMILES string of the molecule is CC(C)(CNC(=O)OC(C)(C)C)NCc1cnn(CCO)c1. The van der Waals surface area contributed by atoms with Gasteiger partial charge >= 0.3 is 6.09 Å². The topological polar surface area (TPSA) is 88.4 Å². The third-order valence-corrected chi connectivity index (χ3v) is 2.86. The molecule has 0 aliphatic rings. The highest BCUT2D eigenvalue weighted by Crippen LogP contribution is 2.08. The number of aromatic nitrogens is 2. The molecular formula is C15H28N4O3. The monoisotopic (exact) mass is 312 g/mol. The molecule has 0 aliphatic heterocycles. The van der Waals surface area contributed by atoms with Gasteiger partial charge in [0.1, 0.15) is 5.60 Å². The molecule has 0 radical (unpaired) electrons. The summed E-state index contributed by atoms with van der Waals surface area (Å²) in [5.41, 5.74) is 0.248.